The third-order valence-electron chi connectivity index (χ3n) is 2.98. The summed E-state index contributed by atoms with van der Waals surface area (Å²) in [5, 5.41) is 0. The Morgan fingerprint density at radius 1 is 1.21 bits per heavy atom. The normalized spacial score (nSPS) is 11.4. The van der Waals surface area contributed by atoms with Crippen LogP contribution >= 0.6 is 0 Å². The molecule has 0 atom stereocenters. The fraction of sp³-hybridized carbons (Fsp3) is 0.500. The third-order valence-corrected chi connectivity index (χ3v) is 2.98. The summed E-state index contributed by atoms with van der Waals surface area (Å²) in [5.74, 6) is 0. The molecular weight excluding hydrogens is 240 g/mol. The molecule has 19 heavy (non-hydrogen) atoms. The van der Waals surface area contributed by atoms with Crippen molar-refractivity contribution in [2.24, 2.45) is 0 Å². The lowest BCUT2D eigenvalue weighted by Gasteiger charge is -2.21. The van der Waals surface area contributed by atoms with E-state index in [0.717, 1.165) is 37.2 Å². The van der Waals surface area contributed by atoms with Crippen molar-refractivity contribution in [3.05, 3.63) is 18.2 Å². The molecule has 0 fully saturated rings. The van der Waals surface area contributed by atoms with Gasteiger partial charge in [-0.25, -0.2) is 0 Å². The molecule has 2 aromatic rings. The number of fused-ring (bicyclic) bond motifs is 1. The first kappa shape index (κ1) is 13.7. The second kappa shape index (κ2) is 5.93. The van der Waals surface area contributed by atoms with E-state index in [1.54, 1.807) is 0 Å². The number of hydrogen-bond donors (Lipinski definition) is 1. The molecule has 5 nitrogen and oxygen atoms in total. The highest BCUT2D eigenvalue weighted by Crippen LogP contribution is 2.23. The van der Waals surface area contributed by atoms with Crippen LogP contribution in [-0.2, 0) is 0 Å². The number of nitrogens with zero attached hydrogens (tertiary/aromatic N) is 3. The number of anilines is 2. The van der Waals surface area contributed by atoms with Gasteiger partial charge in [-0.2, -0.15) is 4.98 Å². The summed E-state index contributed by atoms with van der Waals surface area (Å²) in [4.78, 5) is 8.86. The number of oxazole rings is 1. The number of nitrogen functional groups attached to an aromatic ring is 1. The number of aromatic nitrogens is 1. The molecule has 1 aromatic carbocycles. The molecular formula is C14H22N4O. The van der Waals surface area contributed by atoms with Gasteiger partial charge in [-0.3, -0.25) is 0 Å². The van der Waals surface area contributed by atoms with Gasteiger partial charge in [0.25, 0.3) is 6.01 Å². The molecule has 0 aliphatic carbocycles. The summed E-state index contributed by atoms with van der Waals surface area (Å²) in [6, 6.07) is 6.24. The van der Waals surface area contributed by atoms with E-state index >= 15 is 0 Å². The van der Waals surface area contributed by atoms with Crippen molar-refractivity contribution in [3.63, 3.8) is 0 Å². The van der Waals surface area contributed by atoms with Crippen LogP contribution in [0.3, 0.4) is 0 Å². The molecule has 5 heteroatoms. The number of rotatable bonds is 6. The van der Waals surface area contributed by atoms with Gasteiger partial charge in [-0.15, -0.1) is 0 Å². The summed E-state index contributed by atoms with van der Waals surface area (Å²) in [6.45, 7) is 4.98. The highest BCUT2D eigenvalue weighted by atomic mass is 16.4. The topological polar surface area (TPSA) is 58.5 Å². The summed E-state index contributed by atoms with van der Waals surface area (Å²) >= 11 is 0. The quantitative estimate of drug-likeness (QED) is 0.809. The minimum Gasteiger partial charge on any atom is -0.423 e. The van der Waals surface area contributed by atoms with Crippen LogP contribution in [0.25, 0.3) is 11.1 Å². The first-order valence-corrected chi connectivity index (χ1v) is 6.66. The van der Waals surface area contributed by atoms with Crippen LogP contribution < -0.4 is 10.6 Å². The van der Waals surface area contributed by atoms with Gasteiger partial charge in [-0.1, -0.05) is 6.92 Å². The summed E-state index contributed by atoms with van der Waals surface area (Å²) in [5.41, 5.74) is 8.08. The van der Waals surface area contributed by atoms with Gasteiger partial charge in [-0.05, 0) is 38.7 Å². The van der Waals surface area contributed by atoms with E-state index in [0.29, 0.717) is 11.7 Å². The fourth-order valence-corrected chi connectivity index (χ4v) is 1.96. The van der Waals surface area contributed by atoms with Gasteiger partial charge in [0.2, 0.25) is 0 Å². The molecule has 2 N–H and O–H groups in total. The van der Waals surface area contributed by atoms with E-state index in [1.807, 2.05) is 18.2 Å². The average molecular weight is 262 g/mol. The summed E-state index contributed by atoms with van der Waals surface area (Å²) in [7, 11) is 4.13. The van der Waals surface area contributed by atoms with Crippen molar-refractivity contribution in [3.8, 4) is 0 Å². The Kier molecular flexibility index (Phi) is 4.27. The van der Waals surface area contributed by atoms with Gasteiger partial charge in [0.1, 0.15) is 5.52 Å². The van der Waals surface area contributed by atoms with Crippen LogP contribution in [-0.4, -0.2) is 43.6 Å². The second-order valence-electron chi connectivity index (χ2n) is 5.01. The van der Waals surface area contributed by atoms with Crippen molar-refractivity contribution < 1.29 is 4.42 Å². The Bertz CT molecular complexity index is 535. The highest BCUT2D eigenvalue weighted by molar-refractivity contribution is 5.78. The molecule has 0 aliphatic heterocycles. The van der Waals surface area contributed by atoms with Crippen molar-refractivity contribution in [1.29, 1.82) is 0 Å². The second-order valence-corrected chi connectivity index (χ2v) is 5.01. The van der Waals surface area contributed by atoms with Gasteiger partial charge in [0.05, 0.1) is 0 Å². The Balaban J connectivity index is 2.22. The SMILES string of the molecule is CCCN(CCN(C)C)c1nc2cc(N)ccc2o1. The van der Waals surface area contributed by atoms with Gasteiger partial charge >= 0.3 is 0 Å². The molecule has 0 aliphatic rings. The average Bonchev–Trinajstić information content (AvgIpc) is 2.76. The summed E-state index contributed by atoms with van der Waals surface area (Å²) < 4.78 is 5.81. The number of nitrogens with two attached hydrogens (primary N) is 1. The molecule has 0 spiro atoms. The molecule has 0 saturated carbocycles. The van der Waals surface area contributed by atoms with E-state index in [2.05, 4.69) is 35.8 Å². The van der Waals surface area contributed by atoms with E-state index in [-0.39, 0.29) is 0 Å². The molecule has 2 rings (SSSR count). The van der Waals surface area contributed by atoms with E-state index in [1.165, 1.54) is 0 Å². The van der Waals surface area contributed by atoms with E-state index in [9.17, 15) is 0 Å². The lowest BCUT2D eigenvalue weighted by molar-refractivity contribution is 0.406. The Hall–Kier alpha value is -1.75. The fourth-order valence-electron chi connectivity index (χ4n) is 1.96. The van der Waals surface area contributed by atoms with Crippen molar-refractivity contribution >= 4 is 22.8 Å². The first-order chi connectivity index (χ1) is 9.10. The first-order valence-electron chi connectivity index (χ1n) is 6.66. The zero-order chi connectivity index (χ0) is 13.8. The van der Waals surface area contributed by atoms with Crippen molar-refractivity contribution in [1.82, 2.24) is 9.88 Å². The molecule has 104 valence electrons. The largest absolute Gasteiger partial charge is 0.423 e. The van der Waals surface area contributed by atoms with Crippen molar-refractivity contribution in [2.45, 2.75) is 13.3 Å². The smallest absolute Gasteiger partial charge is 0.298 e. The van der Waals surface area contributed by atoms with Crippen LogP contribution in [0.1, 0.15) is 13.3 Å². The molecule has 1 aromatic heterocycles. The molecule has 0 unspecified atom stereocenters. The number of likely N-dealkylation sites (N-methyl/N-ethyl adjacent to an activating group) is 1. The van der Waals surface area contributed by atoms with Crippen molar-refractivity contribution in [2.75, 3.05) is 44.4 Å². The van der Waals surface area contributed by atoms with Crippen LogP contribution in [0.4, 0.5) is 11.7 Å². The van der Waals surface area contributed by atoms with E-state index < -0.39 is 0 Å². The maximum absolute atomic E-state index is 5.81. The Morgan fingerprint density at radius 2 is 2.00 bits per heavy atom. The van der Waals surface area contributed by atoms with Gasteiger partial charge in [0.15, 0.2) is 5.58 Å². The van der Waals surface area contributed by atoms with Crippen LogP contribution in [0.2, 0.25) is 0 Å². The van der Waals surface area contributed by atoms with E-state index in [4.69, 9.17) is 10.2 Å². The summed E-state index contributed by atoms with van der Waals surface area (Å²) in [6.07, 6.45) is 1.06. The zero-order valence-corrected chi connectivity index (χ0v) is 11.9. The number of hydrogen-bond acceptors (Lipinski definition) is 5. The molecule has 1 heterocycles. The van der Waals surface area contributed by atoms with Crippen LogP contribution in [0.5, 0.6) is 0 Å². The monoisotopic (exact) mass is 262 g/mol. The molecule has 0 amide bonds. The highest BCUT2D eigenvalue weighted by Gasteiger charge is 2.13. The predicted molar refractivity (Wildman–Crippen MR) is 79.5 cm³/mol. The van der Waals surface area contributed by atoms with Gasteiger partial charge < -0.3 is 20.0 Å². The third kappa shape index (κ3) is 3.38. The standard InChI is InChI=1S/C14H22N4O/c1-4-7-18(9-8-17(2)3)14-16-12-10-11(15)5-6-13(12)19-14/h5-6,10H,4,7-9,15H2,1-3H3. The maximum Gasteiger partial charge on any atom is 0.298 e. The molecule has 0 radical (unpaired) electrons. The van der Waals surface area contributed by atoms with Crippen LogP contribution in [0.15, 0.2) is 22.6 Å². The molecule has 0 bridgehead atoms. The van der Waals surface area contributed by atoms with Crippen LogP contribution in [0, 0.1) is 0 Å². The lowest BCUT2D eigenvalue weighted by Crippen LogP contribution is -2.32. The lowest BCUT2D eigenvalue weighted by atomic mass is 10.3. The minimum absolute atomic E-state index is 0.685. The molecule has 0 saturated heterocycles. The Morgan fingerprint density at radius 3 is 2.68 bits per heavy atom. The Labute approximate surface area is 114 Å². The maximum atomic E-state index is 5.81. The van der Waals surface area contributed by atoms with Gasteiger partial charge in [0, 0.05) is 25.3 Å². The zero-order valence-electron chi connectivity index (χ0n) is 11.9. The predicted octanol–water partition coefficient (Wildman–Crippen LogP) is 2.19. The number of benzene rings is 1. The minimum atomic E-state index is 0.685.